The fraction of sp³-hybridized carbons (Fsp3) is 0.261. The van der Waals surface area contributed by atoms with Crippen LogP contribution in [0.5, 0.6) is 11.6 Å². The van der Waals surface area contributed by atoms with Crippen LogP contribution in [0.3, 0.4) is 0 Å². The van der Waals surface area contributed by atoms with Gasteiger partial charge >= 0.3 is 0 Å². The first-order valence-electron chi connectivity index (χ1n) is 9.88. The van der Waals surface area contributed by atoms with Crippen molar-refractivity contribution >= 4 is 17.5 Å². The molecular weight excluding hydrogens is 382 g/mol. The minimum atomic E-state index is -0.534. The van der Waals surface area contributed by atoms with Gasteiger partial charge in [-0.3, -0.25) is 9.59 Å². The van der Waals surface area contributed by atoms with Crippen LogP contribution in [0.4, 0.5) is 5.69 Å². The maximum Gasteiger partial charge on any atom is 0.290 e. The standard InChI is InChI=1S/C23H23N3O4/c1-15-6-3-8-19(16(15)2)30-21-11-10-17(14-24-21)25-22(27)18-7-4-12-26(18)23(28)20-9-5-13-29-20/h3,5-6,8-11,13-14,18H,4,7,12H2,1-2H3,(H,25,27). The first-order valence-corrected chi connectivity index (χ1v) is 9.88. The Morgan fingerprint density at radius 1 is 1.17 bits per heavy atom. The van der Waals surface area contributed by atoms with E-state index in [4.69, 9.17) is 9.15 Å². The van der Waals surface area contributed by atoms with Crippen LogP contribution in [-0.4, -0.2) is 34.3 Å². The lowest BCUT2D eigenvalue weighted by Gasteiger charge is -2.23. The van der Waals surface area contributed by atoms with E-state index in [1.165, 1.54) is 6.26 Å². The van der Waals surface area contributed by atoms with E-state index in [1.807, 2.05) is 32.0 Å². The third-order valence-electron chi connectivity index (χ3n) is 5.32. The number of aryl methyl sites for hydroxylation is 1. The molecule has 0 bridgehead atoms. The molecular formula is C23H23N3O4. The number of carbonyl (C=O) groups is 2. The summed E-state index contributed by atoms with van der Waals surface area (Å²) in [5.74, 6) is 0.921. The van der Waals surface area contributed by atoms with Gasteiger partial charge in [0.15, 0.2) is 5.76 Å². The molecule has 1 unspecified atom stereocenters. The van der Waals surface area contributed by atoms with Crippen LogP contribution in [-0.2, 0) is 4.79 Å². The first-order chi connectivity index (χ1) is 14.5. The van der Waals surface area contributed by atoms with Crippen molar-refractivity contribution in [3.05, 3.63) is 71.8 Å². The van der Waals surface area contributed by atoms with Gasteiger partial charge in [-0.25, -0.2) is 4.98 Å². The number of ether oxygens (including phenoxy) is 1. The SMILES string of the molecule is Cc1cccc(Oc2ccc(NC(=O)C3CCCN3C(=O)c3ccco3)cn2)c1C. The summed E-state index contributed by atoms with van der Waals surface area (Å²) >= 11 is 0. The van der Waals surface area contributed by atoms with Crippen molar-refractivity contribution in [2.45, 2.75) is 32.7 Å². The second-order valence-electron chi connectivity index (χ2n) is 7.31. The van der Waals surface area contributed by atoms with E-state index in [0.717, 1.165) is 23.3 Å². The third kappa shape index (κ3) is 4.05. The van der Waals surface area contributed by atoms with E-state index in [-0.39, 0.29) is 17.6 Å². The second kappa shape index (κ2) is 8.41. The van der Waals surface area contributed by atoms with Crippen molar-refractivity contribution in [3.8, 4) is 11.6 Å². The monoisotopic (exact) mass is 405 g/mol. The number of benzene rings is 1. The zero-order chi connectivity index (χ0) is 21.1. The number of furan rings is 1. The van der Waals surface area contributed by atoms with Crippen molar-refractivity contribution in [1.82, 2.24) is 9.88 Å². The normalized spacial score (nSPS) is 15.8. The van der Waals surface area contributed by atoms with Crippen LogP contribution >= 0.6 is 0 Å². The number of hydrogen-bond acceptors (Lipinski definition) is 5. The third-order valence-corrected chi connectivity index (χ3v) is 5.32. The summed E-state index contributed by atoms with van der Waals surface area (Å²) in [4.78, 5) is 31.2. The zero-order valence-electron chi connectivity index (χ0n) is 16.9. The number of rotatable bonds is 5. The molecule has 0 saturated carbocycles. The number of likely N-dealkylation sites (tertiary alicyclic amines) is 1. The number of pyridine rings is 1. The highest BCUT2D eigenvalue weighted by atomic mass is 16.5. The van der Waals surface area contributed by atoms with Gasteiger partial charge in [0.05, 0.1) is 18.1 Å². The molecule has 1 aromatic carbocycles. The van der Waals surface area contributed by atoms with Crippen LogP contribution < -0.4 is 10.1 Å². The van der Waals surface area contributed by atoms with Gasteiger partial charge in [-0.2, -0.15) is 0 Å². The van der Waals surface area contributed by atoms with Gasteiger partial charge in [0.1, 0.15) is 11.8 Å². The molecule has 1 fully saturated rings. The molecule has 1 N–H and O–H groups in total. The number of amides is 2. The molecule has 1 aliphatic heterocycles. The highest BCUT2D eigenvalue weighted by molar-refractivity contribution is 6.00. The summed E-state index contributed by atoms with van der Waals surface area (Å²) in [7, 11) is 0. The van der Waals surface area contributed by atoms with Crippen molar-refractivity contribution in [1.29, 1.82) is 0 Å². The Morgan fingerprint density at radius 3 is 2.77 bits per heavy atom. The molecule has 0 spiro atoms. The molecule has 1 aliphatic rings. The molecule has 3 aromatic rings. The zero-order valence-corrected chi connectivity index (χ0v) is 16.9. The highest BCUT2D eigenvalue weighted by Gasteiger charge is 2.35. The van der Waals surface area contributed by atoms with Crippen molar-refractivity contribution in [2.24, 2.45) is 0 Å². The summed E-state index contributed by atoms with van der Waals surface area (Å²) in [6, 6.07) is 12.0. The summed E-state index contributed by atoms with van der Waals surface area (Å²) in [5, 5.41) is 2.84. The van der Waals surface area contributed by atoms with Crippen molar-refractivity contribution < 1.29 is 18.7 Å². The molecule has 7 heteroatoms. The Balaban J connectivity index is 1.41. The molecule has 30 heavy (non-hydrogen) atoms. The molecule has 0 aliphatic carbocycles. The topological polar surface area (TPSA) is 84.7 Å². The predicted molar refractivity (Wildman–Crippen MR) is 112 cm³/mol. The number of nitrogens with zero attached hydrogens (tertiary/aromatic N) is 2. The smallest absolute Gasteiger partial charge is 0.290 e. The van der Waals surface area contributed by atoms with Crippen LogP contribution in [0.15, 0.2) is 59.3 Å². The Kier molecular flexibility index (Phi) is 5.52. The molecule has 1 saturated heterocycles. The fourth-order valence-electron chi connectivity index (χ4n) is 3.51. The average molecular weight is 405 g/mol. The van der Waals surface area contributed by atoms with E-state index >= 15 is 0 Å². The molecule has 7 nitrogen and oxygen atoms in total. The number of carbonyl (C=O) groups excluding carboxylic acids is 2. The minimum Gasteiger partial charge on any atom is -0.459 e. The minimum absolute atomic E-state index is 0.239. The van der Waals surface area contributed by atoms with Crippen LogP contribution in [0.25, 0.3) is 0 Å². The number of nitrogens with one attached hydrogen (secondary N) is 1. The van der Waals surface area contributed by atoms with E-state index in [1.54, 1.807) is 35.4 Å². The molecule has 2 amide bonds. The Bertz CT molecular complexity index is 1040. The van der Waals surface area contributed by atoms with Crippen LogP contribution in [0.2, 0.25) is 0 Å². The van der Waals surface area contributed by atoms with Crippen LogP contribution in [0, 0.1) is 13.8 Å². The van der Waals surface area contributed by atoms with E-state index in [2.05, 4.69) is 10.3 Å². The second-order valence-corrected chi connectivity index (χ2v) is 7.31. The van der Waals surface area contributed by atoms with Crippen molar-refractivity contribution in [3.63, 3.8) is 0 Å². The largest absolute Gasteiger partial charge is 0.459 e. The predicted octanol–water partition coefficient (Wildman–Crippen LogP) is 4.33. The Labute approximate surface area is 174 Å². The molecule has 4 rings (SSSR count). The van der Waals surface area contributed by atoms with E-state index in [0.29, 0.717) is 24.5 Å². The fourth-order valence-corrected chi connectivity index (χ4v) is 3.51. The van der Waals surface area contributed by atoms with E-state index in [9.17, 15) is 9.59 Å². The van der Waals surface area contributed by atoms with Gasteiger partial charge in [-0.15, -0.1) is 0 Å². The summed E-state index contributed by atoms with van der Waals surface area (Å²) in [5.41, 5.74) is 2.74. The van der Waals surface area contributed by atoms with Gasteiger partial charge in [-0.05, 0) is 62.1 Å². The van der Waals surface area contributed by atoms with Gasteiger partial charge < -0.3 is 19.4 Å². The lowest BCUT2D eigenvalue weighted by Crippen LogP contribution is -2.43. The summed E-state index contributed by atoms with van der Waals surface area (Å²) in [6.45, 7) is 4.55. The van der Waals surface area contributed by atoms with Gasteiger partial charge in [0.25, 0.3) is 5.91 Å². The molecule has 0 radical (unpaired) electrons. The Morgan fingerprint density at radius 2 is 2.03 bits per heavy atom. The maximum absolute atomic E-state index is 12.8. The van der Waals surface area contributed by atoms with Crippen molar-refractivity contribution in [2.75, 3.05) is 11.9 Å². The summed E-state index contributed by atoms with van der Waals surface area (Å²) in [6.07, 6.45) is 4.38. The lowest BCUT2D eigenvalue weighted by atomic mass is 10.1. The first kappa shape index (κ1) is 19.7. The quantitative estimate of drug-likeness (QED) is 0.683. The number of hydrogen-bond donors (Lipinski definition) is 1. The maximum atomic E-state index is 12.8. The summed E-state index contributed by atoms with van der Waals surface area (Å²) < 4.78 is 11.0. The van der Waals surface area contributed by atoms with Gasteiger partial charge in [0, 0.05) is 12.6 Å². The molecule has 154 valence electrons. The lowest BCUT2D eigenvalue weighted by molar-refractivity contribution is -0.119. The van der Waals surface area contributed by atoms with Gasteiger partial charge in [-0.1, -0.05) is 12.1 Å². The number of anilines is 1. The molecule has 3 heterocycles. The van der Waals surface area contributed by atoms with E-state index < -0.39 is 6.04 Å². The van der Waals surface area contributed by atoms with Gasteiger partial charge in [0.2, 0.25) is 11.8 Å². The average Bonchev–Trinajstić information content (AvgIpc) is 3.44. The number of aromatic nitrogens is 1. The molecule has 1 atom stereocenters. The highest BCUT2D eigenvalue weighted by Crippen LogP contribution is 2.26. The Hall–Kier alpha value is -3.61. The molecule has 2 aromatic heterocycles. The van der Waals surface area contributed by atoms with Crippen LogP contribution in [0.1, 0.15) is 34.5 Å².